The fourth-order valence-electron chi connectivity index (χ4n) is 9.02. The maximum atomic E-state index is 16.4. The first kappa shape index (κ1) is 48.6. The van der Waals surface area contributed by atoms with E-state index in [2.05, 4.69) is 205 Å². The van der Waals surface area contributed by atoms with Gasteiger partial charge >= 0.3 is 7.82 Å². The van der Waals surface area contributed by atoms with Gasteiger partial charge in [-0.1, -0.05) is 205 Å². The first-order chi connectivity index (χ1) is 34.7. The molecule has 9 rings (SSSR count). The van der Waals surface area contributed by atoms with E-state index in [0.717, 1.165) is 105 Å². The van der Waals surface area contributed by atoms with Crippen LogP contribution in [0, 0.1) is 0 Å². The van der Waals surface area contributed by atoms with Crippen molar-refractivity contribution in [3.05, 3.63) is 234 Å². The molecule has 0 aliphatic carbocycles. The van der Waals surface area contributed by atoms with Crippen molar-refractivity contribution in [2.24, 2.45) is 0 Å². The van der Waals surface area contributed by atoms with Crippen LogP contribution in [-0.4, -0.2) is 0 Å². The molecule has 0 aromatic heterocycles. The van der Waals surface area contributed by atoms with E-state index in [4.69, 9.17) is 13.6 Å². The summed E-state index contributed by atoms with van der Waals surface area (Å²) < 4.78 is 37.2. The highest BCUT2D eigenvalue weighted by atomic mass is 31.2. The smallest absolute Gasteiger partial charge is 0.385 e. The summed E-state index contributed by atoms with van der Waals surface area (Å²) in [5, 5.41) is 0. The second-order valence-electron chi connectivity index (χ2n) is 18.2. The van der Waals surface area contributed by atoms with Gasteiger partial charge < -0.3 is 13.6 Å². The number of benzene rings is 9. The normalized spacial score (nSPS) is 11.4. The molecule has 0 aliphatic rings. The first-order valence-electron chi connectivity index (χ1n) is 25.3. The zero-order valence-electron chi connectivity index (χ0n) is 41.9. The molecule has 0 radical (unpaired) electrons. The van der Waals surface area contributed by atoms with Gasteiger partial charge in [-0.15, -0.1) is 0 Å². The lowest BCUT2D eigenvalue weighted by molar-refractivity contribution is 0.299. The summed E-state index contributed by atoms with van der Waals surface area (Å²) in [4.78, 5) is 0. The van der Waals surface area contributed by atoms with Gasteiger partial charge in [0.1, 0.15) is 17.2 Å². The lowest BCUT2D eigenvalue weighted by Gasteiger charge is -2.24. The Balaban J connectivity index is 1.22. The summed E-state index contributed by atoms with van der Waals surface area (Å²) in [6.07, 6.45) is 5.59. The Morgan fingerprint density at radius 3 is 0.634 bits per heavy atom. The number of aryl methyl sites for hydroxylation is 6. The topological polar surface area (TPSA) is 44.8 Å². The Morgan fingerprint density at radius 2 is 0.437 bits per heavy atom. The molecule has 0 saturated carbocycles. The molecule has 9 aromatic carbocycles. The molecule has 0 heterocycles. The second kappa shape index (κ2) is 22.1. The summed E-state index contributed by atoms with van der Waals surface area (Å²) >= 11 is 0. The summed E-state index contributed by atoms with van der Waals surface area (Å²) in [5.41, 5.74) is 18.7. The zero-order chi connectivity index (χ0) is 49.3. The standard InChI is InChI=1S/C66H63O4P/c1-7-46-13-25-52(26-14-46)58-37-40-64(61(43-58)55-31-19-49(10-4)20-32-55)68-71(67,69-65-41-38-59(53-27-15-47(8-2)16-28-53)44-62(65)56-33-21-50(11-5)22-34-56)70-66-42-39-60(54-29-17-48(9-3)18-30-54)45-63(66)57-35-23-51(12-6)24-36-57/h13-45H,7-12H2,1-6H3. The minimum absolute atomic E-state index is 0.370. The molecule has 0 atom stereocenters. The Kier molecular flexibility index (Phi) is 15.2. The molecule has 0 unspecified atom stereocenters. The minimum atomic E-state index is -4.67. The van der Waals surface area contributed by atoms with Gasteiger partial charge in [-0.2, -0.15) is 4.57 Å². The average molecular weight is 951 g/mol. The van der Waals surface area contributed by atoms with E-state index in [1.54, 1.807) is 0 Å². The van der Waals surface area contributed by atoms with E-state index in [9.17, 15) is 0 Å². The summed E-state index contributed by atoms with van der Waals surface area (Å²) in [7, 11) is -4.67. The van der Waals surface area contributed by atoms with Crippen LogP contribution in [0.5, 0.6) is 17.2 Å². The molecule has 0 saturated heterocycles. The van der Waals surface area contributed by atoms with Crippen molar-refractivity contribution in [1.82, 2.24) is 0 Å². The van der Waals surface area contributed by atoms with E-state index in [-0.39, 0.29) is 0 Å². The third kappa shape index (κ3) is 11.3. The van der Waals surface area contributed by atoms with Gasteiger partial charge in [-0.3, -0.25) is 0 Å². The molecule has 0 bridgehead atoms. The molecule has 5 heteroatoms. The molecule has 0 amide bonds. The maximum absolute atomic E-state index is 16.4. The van der Waals surface area contributed by atoms with Gasteiger partial charge in [-0.25, -0.2) is 0 Å². The molecule has 71 heavy (non-hydrogen) atoms. The number of rotatable bonds is 18. The summed E-state index contributed by atoms with van der Waals surface area (Å²) in [6.45, 7) is 12.9. The van der Waals surface area contributed by atoms with E-state index >= 15 is 4.57 Å². The number of hydrogen-bond donors (Lipinski definition) is 0. The van der Waals surface area contributed by atoms with Crippen LogP contribution in [0.15, 0.2) is 200 Å². The number of phosphoric ester groups is 1. The van der Waals surface area contributed by atoms with Crippen LogP contribution in [-0.2, 0) is 43.1 Å². The number of hydrogen-bond acceptors (Lipinski definition) is 4. The second-order valence-corrected chi connectivity index (χ2v) is 19.6. The van der Waals surface area contributed by atoms with Crippen LogP contribution >= 0.6 is 7.82 Å². The Morgan fingerprint density at radius 1 is 0.254 bits per heavy atom. The van der Waals surface area contributed by atoms with E-state index in [0.29, 0.717) is 17.2 Å². The van der Waals surface area contributed by atoms with Crippen molar-refractivity contribution in [1.29, 1.82) is 0 Å². The fraction of sp³-hybridized carbons (Fsp3) is 0.182. The summed E-state index contributed by atoms with van der Waals surface area (Å²) in [5.74, 6) is 1.11. The van der Waals surface area contributed by atoms with Crippen molar-refractivity contribution >= 4 is 7.82 Å². The van der Waals surface area contributed by atoms with Crippen LogP contribution < -0.4 is 13.6 Å². The van der Waals surface area contributed by atoms with Gasteiger partial charge in [0.15, 0.2) is 0 Å². The highest BCUT2D eigenvalue weighted by molar-refractivity contribution is 7.49. The largest absolute Gasteiger partial charge is 0.647 e. The Hall–Kier alpha value is -7.39. The maximum Gasteiger partial charge on any atom is 0.647 e. The molecular weight excluding hydrogens is 888 g/mol. The lowest BCUT2D eigenvalue weighted by atomic mass is 9.96. The highest BCUT2D eigenvalue weighted by Crippen LogP contribution is 2.55. The first-order valence-corrected chi connectivity index (χ1v) is 26.8. The quantitative estimate of drug-likeness (QED) is 0.0804. The Labute approximate surface area is 421 Å². The van der Waals surface area contributed by atoms with Crippen molar-refractivity contribution in [3.8, 4) is 84.0 Å². The van der Waals surface area contributed by atoms with Crippen molar-refractivity contribution in [2.45, 2.75) is 80.1 Å². The summed E-state index contributed by atoms with van der Waals surface area (Å²) in [6, 6.07) is 69.4. The predicted octanol–water partition coefficient (Wildman–Crippen LogP) is 18.7. The van der Waals surface area contributed by atoms with Gasteiger partial charge in [0, 0.05) is 16.7 Å². The Bertz CT molecular complexity index is 2910. The van der Waals surface area contributed by atoms with E-state index in [1.807, 2.05) is 36.4 Å². The third-order valence-electron chi connectivity index (χ3n) is 13.7. The third-order valence-corrected chi connectivity index (χ3v) is 14.9. The molecule has 0 spiro atoms. The average Bonchev–Trinajstić information content (AvgIpc) is 3.43. The monoisotopic (exact) mass is 950 g/mol. The molecule has 4 nitrogen and oxygen atoms in total. The zero-order valence-corrected chi connectivity index (χ0v) is 42.8. The van der Waals surface area contributed by atoms with Crippen LogP contribution in [0.25, 0.3) is 66.8 Å². The SMILES string of the molecule is CCc1ccc(-c2ccc(OP(=O)(Oc3ccc(-c4ccc(CC)cc4)cc3-c3ccc(CC)cc3)Oc3ccc(-c4ccc(CC)cc4)cc3-c3ccc(CC)cc3)c(-c3ccc(CC)cc3)c2)cc1. The molecule has 0 N–H and O–H groups in total. The molecular formula is C66H63O4P. The minimum Gasteiger partial charge on any atom is -0.385 e. The predicted molar refractivity (Wildman–Crippen MR) is 298 cm³/mol. The van der Waals surface area contributed by atoms with Crippen LogP contribution in [0.2, 0.25) is 0 Å². The lowest BCUT2D eigenvalue weighted by Crippen LogP contribution is -2.09. The van der Waals surface area contributed by atoms with Gasteiger partial charge in [0.2, 0.25) is 0 Å². The van der Waals surface area contributed by atoms with Gasteiger partial charge in [0.05, 0.1) is 0 Å². The van der Waals surface area contributed by atoms with Gasteiger partial charge in [-0.05, 0) is 158 Å². The van der Waals surface area contributed by atoms with Crippen LogP contribution in [0.3, 0.4) is 0 Å². The molecule has 9 aromatic rings. The molecule has 356 valence electrons. The van der Waals surface area contributed by atoms with E-state index in [1.165, 1.54) is 33.4 Å². The van der Waals surface area contributed by atoms with Crippen LogP contribution in [0.1, 0.15) is 74.9 Å². The molecule has 0 fully saturated rings. The van der Waals surface area contributed by atoms with Crippen molar-refractivity contribution < 1.29 is 18.1 Å². The van der Waals surface area contributed by atoms with Crippen molar-refractivity contribution in [3.63, 3.8) is 0 Å². The van der Waals surface area contributed by atoms with Gasteiger partial charge in [0.25, 0.3) is 0 Å². The highest BCUT2D eigenvalue weighted by Gasteiger charge is 2.36. The fourth-order valence-corrected chi connectivity index (χ4v) is 10.3. The molecule has 0 aliphatic heterocycles. The van der Waals surface area contributed by atoms with Crippen molar-refractivity contribution in [2.75, 3.05) is 0 Å². The van der Waals surface area contributed by atoms with Crippen LogP contribution in [0.4, 0.5) is 0 Å². The van der Waals surface area contributed by atoms with E-state index < -0.39 is 7.82 Å². The number of phosphoric acid groups is 1.